The monoisotopic (exact) mass is 232 g/mol. The van der Waals surface area contributed by atoms with E-state index in [0.29, 0.717) is 6.04 Å². The van der Waals surface area contributed by atoms with Gasteiger partial charge >= 0.3 is 0 Å². The molecule has 3 rings (SSSR count). The highest BCUT2D eigenvalue weighted by atomic mass is 16.5. The Bertz CT molecular complexity index is 415. The maximum absolute atomic E-state index is 5.25. The molecule has 0 bridgehead atoms. The molecule has 1 aromatic rings. The van der Waals surface area contributed by atoms with E-state index in [1.165, 1.54) is 17.7 Å². The Labute approximate surface area is 103 Å². The minimum absolute atomic E-state index is 0.616. The summed E-state index contributed by atoms with van der Waals surface area (Å²) in [6, 6.07) is 7.30. The lowest BCUT2D eigenvalue weighted by molar-refractivity contribution is -0.0587. The molecule has 2 aliphatic rings. The zero-order valence-corrected chi connectivity index (χ0v) is 10.6. The summed E-state index contributed by atoms with van der Waals surface area (Å²) < 4.78 is 5.25. The zero-order chi connectivity index (χ0) is 11.8. The number of benzene rings is 1. The molecule has 2 heterocycles. The summed E-state index contributed by atoms with van der Waals surface area (Å²) in [4.78, 5) is 4.77. The maximum Gasteiger partial charge on any atom is 0.0645 e. The molecule has 0 aromatic heterocycles. The normalized spacial score (nSPS) is 19.6. The number of anilines is 1. The number of hydrogen-bond donors (Lipinski definition) is 0. The number of hydrogen-bond acceptors (Lipinski definition) is 3. The third-order valence-corrected chi connectivity index (χ3v) is 4.02. The van der Waals surface area contributed by atoms with Crippen LogP contribution in [0.2, 0.25) is 0 Å². The largest absolute Gasteiger partial charge is 0.378 e. The lowest BCUT2D eigenvalue weighted by Gasteiger charge is -2.35. The molecule has 0 radical (unpaired) electrons. The number of nitrogens with zero attached hydrogens (tertiary/aromatic N) is 2. The van der Waals surface area contributed by atoms with E-state index in [2.05, 4.69) is 42.1 Å². The van der Waals surface area contributed by atoms with E-state index < -0.39 is 0 Å². The lowest BCUT2D eigenvalue weighted by atomic mass is 10.0. The van der Waals surface area contributed by atoms with Gasteiger partial charge in [0.05, 0.1) is 19.3 Å². The first-order valence-corrected chi connectivity index (χ1v) is 6.35. The summed E-state index contributed by atoms with van der Waals surface area (Å²) in [5, 5.41) is 0. The first-order chi connectivity index (χ1) is 8.25. The Hall–Kier alpha value is -1.06. The molecule has 3 heteroatoms. The van der Waals surface area contributed by atoms with Crippen molar-refractivity contribution in [2.45, 2.75) is 19.0 Å². The molecular weight excluding hydrogens is 212 g/mol. The zero-order valence-electron chi connectivity index (χ0n) is 10.6. The van der Waals surface area contributed by atoms with Crippen LogP contribution in [-0.4, -0.2) is 44.8 Å². The Morgan fingerprint density at radius 2 is 2.24 bits per heavy atom. The molecule has 0 unspecified atom stereocenters. The SMILES string of the molecule is CN1CCc2c(CN(C)C3COC3)cccc21. The molecule has 3 nitrogen and oxygen atoms in total. The molecule has 0 amide bonds. The molecule has 0 saturated carbocycles. The third-order valence-electron chi connectivity index (χ3n) is 4.02. The van der Waals surface area contributed by atoms with Crippen LogP contribution in [0.25, 0.3) is 0 Å². The van der Waals surface area contributed by atoms with Gasteiger partial charge in [0, 0.05) is 25.8 Å². The van der Waals surface area contributed by atoms with Crippen molar-refractivity contribution in [3.05, 3.63) is 29.3 Å². The summed E-state index contributed by atoms with van der Waals surface area (Å²) in [5.74, 6) is 0. The Morgan fingerprint density at radius 1 is 1.41 bits per heavy atom. The van der Waals surface area contributed by atoms with Gasteiger partial charge in [-0.05, 0) is 30.7 Å². The standard InChI is InChI=1S/C14H20N2O/c1-15-7-6-13-11(4-3-5-14(13)15)8-16(2)12-9-17-10-12/h3-5,12H,6-10H2,1-2H3. The maximum atomic E-state index is 5.25. The van der Waals surface area contributed by atoms with Crippen LogP contribution in [0.4, 0.5) is 5.69 Å². The van der Waals surface area contributed by atoms with Crippen molar-refractivity contribution in [3.8, 4) is 0 Å². The Kier molecular flexibility index (Phi) is 2.81. The van der Waals surface area contributed by atoms with E-state index >= 15 is 0 Å². The highest BCUT2D eigenvalue weighted by Gasteiger charge is 2.25. The summed E-state index contributed by atoms with van der Waals surface area (Å²) >= 11 is 0. The molecule has 0 atom stereocenters. The van der Waals surface area contributed by atoms with Gasteiger partial charge < -0.3 is 9.64 Å². The third kappa shape index (κ3) is 1.94. The predicted octanol–water partition coefficient (Wildman–Crippen LogP) is 1.51. The number of rotatable bonds is 3. The van der Waals surface area contributed by atoms with Crippen LogP contribution in [-0.2, 0) is 17.7 Å². The van der Waals surface area contributed by atoms with E-state index in [-0.39, 0.29) is 0 Å². The first-order valence-electron chi connectivity index (χ1n) is 6.35. The number of fused-ring (bicyclic) bond motifs is 1. The fourth-order valence-corrected chi connectivity index (χ4v) is 2.69. The van der Waals surface area contributed by atoms with Crippen LogP contribution in [0.15, 0.2) is 18.2 Å². The van der Waals surface area contributed by atoms with Crippen molar-refractivity contribution < 1.29 is 4.74 Å². The Morgan fingerprint density at radius 3 is 2.94 bits per heavy atom. The Balaban J connectivity index is 1.79. The molecule has 92 valence electrons. The molecular formula is C14H20N2O. The molecule has 17 heavy (non-hydrogen) atoms. The summed E-state index contributed by atoms with van der Waals surface area (Å²) in [6.07, 6.45) is 1.19. The van der Waals surface area contributed by atoms with Crippen LogP contribution in [0, 0.1) is 0 Å². The van der Waals surface area contributed by atoms with E-state index in [0.717, 1.165) is 26.3 Å². The van der Waals surface area contributed by atoms with Crippen molar-refractivity contribution in [1.82, 2.24) is 4.90 Å². The quantitative estimate of drug-likeness (QED) is 0.785. The summed E-state index contributed by atoms with van der Waals surface area (Å²) in [6.45, 7) is 3.99. The van der Waals surface area contributed by atoms with Gasteiger partial charge in [-0.1, -0.05) is 12.1 Å². The van der Waals surface area contributed by atoms with Crippen molar-refractivity contribution in [1.29, 1.82) is 0 Å². The highest BCUT2D eigenvalue weighted by molar-refractivity contribution is 5.60. The number of ether oxygens (including phenoxy) is 1. The van der Waals surface area contributed by atoms with Gasteiger partial charge in [0.1, 0.15) is 0 Å². The van der Waals surface area contributed by atoms with Crippen molar-refractivity contribution in [3.63, 3.8) is 0 Å². The molecule has 1 saturated heterocycles. The van der Waals surface area contributed by atoms with Crippen molar-refractivity contribution in [2.24, 2.45) is 0 Å². The molecule has 2 aliphatic heterocycles. The number of likely N-dealkylation sites (N-methyl/N-ethyl adjacent to an activating group) is 2. The summed E-state index contributed by atoms with van der Waals surface area (Å²) in [5.41, 5.74) is 4.45. The lowest BCUT2D eigenvalue weighted by Crippen LogP contribution is -2.46. The average Bonchev–Trinajstić information content (AvgIpc) is 2.59. The molecule has 0 N–H and O–H groups in total. The van der Waals surface area contributed by atoms with E-state index in [1.807, 2.05) is 0 Å². The van der Waals surface area contributed by atoms with Gasteiger partial charge in [0.2, 0.25) is 0 Å². The van der Waals surface area contributed by atoms with E-state index in [9.17, 15) is 0 Å². The average molecular weight is 232 g/mol. The molecule has 0 aliphatic carbocycles. The molecule has 1 fully saturated rings. The second-order valence-electron chi connectivity index (χ2n) is 5.19. The van der Waals surface area contributed by atoms with E-state index in [1.54, 1.807) is 5.56 Å². The summed E-state index contributed by atoms with van der Waals surface area (Å²) in [7, 11) is 4.38. The van der Waals surface area contributed by atoms with Crippen LogP contribution in [0.3, 0.4) is 0 Å². The molecule has 1 aromatic carbocycles. The van der Waals surface area contributed by atoms with Crippen LogP contribution in [0.5, 0.6) is 0 Å². The second kappa shape index (κ2) is 4.31. The first kappa shape index (κ1) is 11.1. The van der Waals surface area contributed by atoms with Gasteiger partial charge in [0.25, 0.3) is 0 Å². The highest BCUT2D eigenvalue weighted by Crippen LogP contribution is 2.30. The topological polar surface area (TPSA) is 15.7 Å². The van der Waals surface area contributed by atoms with Gasteiger partial charge in [-0.25, -0.2) is 0 Å². The van der Waals surface area contributed by atoms with Gasteiger partial charge in [-0.2, -0.15) is 0 Å². The predicted molar refractivity (Wildman–Crippen MR) is 69.5 cm³/mol. The van der Waals surface area contributed by atoms with E-state index in [4.69, 9.17) is 4.74 Å². The van der Waals surface area contributed by atoms with Crippen LogP contribution in [0.1, 0.15) is 11.1 Å². The molecule has 0 spiro atoms. The second-order valence-corrected chi connectivity index (χ2v) is 5.19. The van der Waals surface area contributed by atoms with Crippen molar-refractivity contribution >= 4 is 5.69 Å². The minimum atomic E-state index is 0.616. The minimum Gasteiger partial charge on any atom is -0.378 e. The fraction of sp³-hybridized carbons (Fsp3) is 0.571. The fourth-order valence-electron chi connectivity index (χ4n) is 2.69. The van der Waals surface area contributed by atoms with Gasteiger partial charge in [-0.3, -0.25) is 4.90 Å². The van der Waals surface area contributed by atoms with Crippen molar-refractivity contribution in [2.75, 3.05) is 38.8 Å². The van der Waals surface area contributed by atoms with Crippen LogP contribution >= 0.6 is 0 Å². The van der Waals surface area contributed by atoms with Crippen LogP contribution < -0.4 is 4.90 Å². The van der Waals surface area contributed by atoms with Gasteiger partial charge in [-0.15, -0.1) is 0 Å². The smallest absolute Gasteiger partial charge is 0.0645 e. The van der Waals surface area contributed by atoms with Gasteiger partial charge in [0.15, 0.2) is 0 Å².